The van der Waals surface area contributed by atoms with Gasteiger partial charge in [0.2, 0.25) is 0 Å². The molecule has 1 aliphatic carbocycles. The highest BCUT2D eigenvalue weighted by Gasteiger charge is 2.40. The van der Waals surface area contributed by atoms with Gasteiger partial charge in [-0.05, 0) is 43.0 Å². The van der Waals surface area contributed by atoms with E-state index in [4.69, 9.17) is 0 Å². The highest BCUT2D eigenvalue weighted by molar-refractivity contribution is 5.92. The number of halogens is 1. The maximum absolute atomic E-state index is 13.0. The summed E-state index contributed by atoms with van der Waals surface area (Å²) in [6, 6.07) is 7.61. The lowest BCUT2D eigenvalue weighted by Gasteiger charge is -2.23. The Labute approximate surface area is 133 Å². The van der Waals surface area contributed by atoms with Crippen LogP contribution in [0.15, 0.2) is 30.3 Å². The lowest BCUT2D eigenvalue weighted by Crippen LogP contribution is -2.34. The Morgan fingerprint density at radius 1 is 1.35 bits per heavy atom. The van der Waals surface area contributed by atoms with Gasteiger partial charge in [0.05, 0.1) is 6.54 Å². The van der Waals surface area contributed by atoms with Crippen LogP contribution in [0.4, 0.5) is 4.39 Å². The van der Waals surface area contributed by atoms with E-state index in [0.717, 1.165) is 18.5 Å². The molecule has 4 rings (SSSR count). The van der Waals surface area contributed by atoms with Crippen LogP contribution in [-0.4, -0.2) is 39.2 Å². The van der Waals surface area contributed by atoms with Gasteiger partial charge in [0.15, 0.2) is 0 Å². The lowest BCUT2D eigenvalue weighted by atomic mass is 9.93. The molecule has 1 saturated carbocycles. The average Bonchev–Trinajstić information content (AvgIpc) is 3.14. The van der Waals surface area contributed by atoms with Crippen molar-refractivity contribution in [3.8, 4) is 0 Å². The quantitative estimate of drug-likeness (QED) is 0.912. The largest absolute Gasteiger partial charge is 0.383 e. The van der Waals surface area contributed by atoms with Crippen LogP contribution in [0.3, 0.4) is 0 Å². The second kappa shape index (κ2) is 5.16. The van der Waals surface area contributed by atoms with Gasteiger partial charge in [-0.3, -0.25) is 9.89 Å². The zero-order chi connectivity index (χ0) is 16.0. The third-order valence-electron chi connectivity index (χ3n) is 4.75. The van der Waals surface area contributed by atoms with Crippen LogP contribution < -0.4 is 0 Å². The Balaban J connectivity index is 1.50. The van der Waals surface area contributed by atoms with Gasteiger partial charge in [-0.1, -0.05) is 12.1 Å². The molecule has 1 aromatic carbocycles. The smallest absolute Gasteiger partial charge is 0.274 e. The molecule has 0 bridgehead atoms. The number of aromatic amines is 1. The summed E-state index contributed by atoms with van der Waals surface area (Å²) < 4.78 is 13.0. The van der Waals surface area contributed by atoms with Crippen LogP contribution in [0, 0.1) is 5.82 Å². The number of nitrogens with one attached hydrogen (secondary N) is 1. The molecule has 120 valence electrons. The van der Waals surface area contributed by atoms with Crippen molar-refractivity contribution < 1.29 is 14.3 Å². The van der Waals surface area contributed by atoms with Crippen LogP contribution in [-0.2, 0) is 5.60 Å². The molecule has 1 aromatic heterocycles. The fourth-order valence-corrected chi connectivity index (χ4v) is 3.17. The minimum absolute atomic E-state index is 0.175. The number of benzene rings is 1. The zero-order valence-electron chi connectivity index (χ0n) is 12.6. The number of nitrogens with zero attached hydrogens (tertiary/aromatic N) is 2. The third-order valence-corrected chi connectivity index (χ3v) is 4.75. The van der Waals surface area contributed by atoms with Crippen molar-refractivity contribution in [2.45, 2.75) is 30.8 Å². The molecule has 1 aliphatic heterocycles. The van der Waals surface area contributed by atoms with Gasteiger partial charge in [-0.25, -0.2) is 4.39 Å². The number of aromatic nitrogens is 2. The van der Waals surface area contributed by atoms with Crippen molar-refractivity contribution in [2.24, 2.45) is 0 Å². The van der Waals surface area contributed by atoms with E-state index in [1.54, 1.807) is 17.0 Å². The number of amides is 1. The lowest BCUT2D eigenvalue weighted by molar-refractivity contribution is 0.0415. The van der Waals surface area contributed by atoms with Crippen molar-refractivity contribution in [1.82, 2.24) is 15.1 Å². The second-order valence-corrected chi connectivity index (χ2v) is 6.50. The van der Waals surface area contributed by atoms with Gasteiger partial charge in [-0.2, -0.15) is 5.10 Å². The van der Waals surface area contributed by atoms with E-state index in [1.165, 1.54) is 12.1 Å². The minimum Gasteiger partial charge on any atom is -0.383 e. The molecule has 1 atom stereocenters. The number of likely N-dealkylation sites (tertiary alicyclic amines) is 1. The maximum atomic E-state index is 13.0. The Bertz CT molecular complexity index is 739. The summed E-state index contributed by atoms with van der Waals surface area (Å²) in [6.07, 6.45) is 2.72. The van der Waals surface area contributed by atoms with Gasteiger partial charge in [0.1, 0.15) is 17.1 Å². The summed E-state index contributed by atoms with van der Waals surface area (Å²) in [5.41, 5.74) is 0.922. The molecule has 1 saturated heterocycles. The predicted octanol–water partition coefficient (Wildman–Crippen LogP) is 2.16. The van der Waals surface area contributed by atoms with E-state index in [-0.39, 0.29) is 18.3 Å². The molecule has 23 heavy (non-hydrogen) atoms. The van der Waals surface area contributed by atoms with E-state index < -0.39 is 5.60 Å². The van der Waals surface area contributed by atoms with Gasteiger partial charge >= 0.3 is 0 Å². The second-order valence-electron chi connectivity index (χ2n) is 6.50. The Morgan fingerprint density at radius 3 is 2.78 bits per heavy atom. The fourth-order valence-electron chi connectivity index (χ4n) is 3.17. The number of carbonyl (C=O) groups excluding carboxylic acids is 1. The standard InChI is InChI=1S/C17H18FN3O2/c18-13-5-3-12(4-6-13)17(23)7-8-21(10-17)16(22)15-9-14(19-20-15)11-1-2-11/h3-6,9,11,23H,1-2,7-8,10H2,(H,19,20). The summed E-state index contributed by atoms with van der Waals surface area (Å²) in [6.45, 7) is 0.654. The van der Waals surface area contributed by atoms with Crippen molar-refractivity contribution in [1.29, 1.82) is 0 Å². The van der Waals surface area contributed by atoms with Crippen LogP contribution in [0.5, 0.6) is 0 Å². The van der Waals surface area contributed by atoms with Crippen molar-refractivity contribution in [3.05, 3.63) is 53.1 Å². The highest BCUT2D eigenvalue weighted by Crippen LogP contribution is 2.39. The molecular weight excluding hydrogens is 297 g/mol. The first kappa shape index (κ1) is 14.4. The molecule has 0 radical (unpaired) electrons. The summed E-state index contributed by atoms with van der Waals surface area (Å²) in [7, 11) is 0. The summed E-state index contributed by atoms with van der Waals surface area (Å²) in [5, 5.41) is 17.8. The number of hydrogen-bond acceptors (Lipinski definition) is 3. The van der Waals surface area contributed by atoms with Gasteiger partial charge in [0, 0.05) is 18.2 Å². The Kier molecular flexibility index (Phi) is 3.23. The molecule has 2 fully saturated rings. The topological polar surface area (TPSA) is 69.2 Å². The number of aliphatic hydroxyl groups is 1. The first-order valence-electron chi connectivity index (χ1n) is 7.88. The van der Waals surface area contributed by atoms with Crippen molar-refractivity contribution in [3.63, 3.8) is 0 Å². The van der Waals surface area contributed by atoms with Crippen LogP contribution in [0.2, 0.25) is 0 Å². The van der Waals surface area contributed by atoms with Crippen LogP contribution in [0.25, 0.3) is 0 Å². The normalized spacial score (nSPS) is 24.2. The molecule has 5 nitrogen and oxygen atoms in total. The first-order valence-corrected chi connectivity index (χ1v) is 7.88. The Morgan fingerprint density at radius 2 is 2.09 bits per heavy atom. The van der Waals surface area contributed by atoms with E-state index in [0.29, 0.717) is 30.1 Å². The number of H-pyrrole nitrogens is 1. The number of hydrogen-bond donors (Lipinski definition) is 2. The molecular formula is C17H18FN3O2. The first-order chi connectivity index (χ1) is 11.0. The number of carbonyl (C=O) groups is 1. The van der Waals surface area contributed by atoms with Gasteiger partial charge in [0.25, 0.3) is 5.91 Å². The van der Waals surface area contributed by atoms with Gasteiger partial charge < -0.3 is 10.0 Å². The minimum atomic E-state index is -1.13. The molecule has 0 spiro atoms. The van der Waals surface area contributed by atoms with E-state index >= 15 is 0 Å². The number of rotatable bonds is 3. The maximum Gasteiger partial charge on any atom is 0.274 e. The highest BCUT2D eigenvalue weighted by atomic mass is 19.1. The molecule has 2 N–H and O–H groups in total. The molecule has 1 unspecified atom stereocenters. The summed E-state index contributed by atoms with van der Waals surface area (Å²) >= 11 is 0. The van der Waals surface area contributed by atoms with Crippen molar-refractivity contribution >= 4 is 5.91 Å². The molecule has 1 amide bonds. The monoisotopic (exact) mass is 315 g/mol. The summed E-state index contributed by atoms with van der Waals surface area (Å²) in [5.74, 6) is -0.00244. The molecule has 2 aromatic rings. The third kappa shape index (κ3) is 2.63. The van der Waals surface area contributed by atoms with Crippen LogP contribution >= 0.6 is 0 Å². The SMILES string of the molecule is O=C(c1cc(C2CC2)[nH]n1)N1CCC(O)(c2ccc(F)cc2)C1. The Hall–Kier alpha value is -2.21. The van der Waals surface area contributed by atoms with E-state index in [1.807, 2.05) is 6.07 Å². The van der Waals surface area contributed by atoms with Crippen molar-refractivity contribution in [2.75, 3.05) is 13.1 Å². The van der Waals surface area contributed by atoms with E-state index in [2.05, 4.69) is 10.2 Å². The molecule has 2 aliphatic rings. The number of β-amino-alcohol motifs (C(OH)–C–C–N with tert-alkyl or cyclic N) is 1. The fraction of sp³-hybridized carbons (Fsp3) is 0.412. The average molecular weight is 315 g/mol. The van der Waals surface area contributed by atoms with E-state index in [9.17, 15) is 14.3 Å². The van der Waals surface area contributed by atoms with Gasteiger partial charge in [-0.15, -0.1) is 0 Å². The molecule has 2 heterocycles. The predicted molar refractivity (Wildman–Crippen MR) is 81.4 cm³/mol. The van der Waals surface area contributed by atoms with Crippen LogP contribution in [0.1, 0.15) is 46.9 Å². The molecule has 6 heteroatoms. The summed E-state index contributed by atoms with van der Waals surface area (Å²) in [4.78, 5) is 14.2. The zero-order valence-corrected chi connectivity index (χ0v) is 12.6.